The van der Waals surface area contributed by atoms with Crippen molar-refractivity contribution in [3.8, 4) is 5.75 Å². The Kier molecular flexibility index (Phi) is 4.90. The van der Waals surface area contributed by atoms with E-state index in [1.54, 1.807) is 31.5 Å². The smallest absolute Gasteiger partial charge is 0.248 e. The monoisotopic (exact) mass is 351 g/mol. The average Bonchev–Trinajstić information content (AvgIpc) is 2.62. The number of aromatic nitrogens is 1. The minimum absolute atomic E-state index is 0.391. The van der Waals surface area contributed by atoms with E-state index in [0.717, 1.165) is 16.3 Å². The molecule has 25 heavy (non-hydrogen) atoms. The Morgan fingerprint density at radius 1 is 1.28 bits per heavy atom. The lowest BCUT2D eigenvalue weighted by Gasteiger charge is -2.14. The number of nitrogens with one attached hydrogen (secondary N) is 1. The molecule has 126 valence electrons. The second-order valence-corrected chi connectivity index (χ2v) is 6.01. The van der Waals surface area contributed by atoms with Gasteiger partial charge in [0.1, 0.15) is 5.75 Å². The SMILES string of the molecule is COc1ccc(C(N)=O)cc1NC(=S)Cc1cccc2cnccc12. The van der Waals surface area contributed by atoms with Crippen molar-refractivity contribution in [3.05, 3.63) is 66.0 Å². The molecule has 0 unspecified atom stereocenters. The van der Waals surface area contributed by atoms with Gasteiger partial charge in [0, 0.05) is 29.8 Å². The largest absolute Gasteiger partial charge is 0.495 e. The summed E-state index contributed by atoms with van der Waals surface area (Å²) < 4.78 is 5.32. The number of nitrogens with zero attached hydrogens (tertiary/aromatic N) is 1. The molecule has 0 aliphatic rings. The molecule has 6 heteroatoms. The van der Waals surface area contributed by atoms with E-state index in [4.69, 9.17) is 22.7 Å². The second kappa shape index (κ2) is 7.27. The van der Waals surface area contributed by atoms with Crippen LogP contribution in [0.2, 0.25) is 0 Å². The summed E-state index contributed by atoms with van der Waals surface area (Å²) in [5.74, 6) is 0.0904. The molecule has 0 fully saturated rings. The van der Waals surface area contributed by atoms with Crippen LogP contribution in [-0.2, 0) is 6.42 Å². The van der Waals surface area contributed by atoms with Gasteiger partial charge in [0.15, 0.2) is 0 Å². The third kappa shape index (κ3) is 3.75. The summed E-state index contributed by atoms with van der Waals surface area (Å²) in [5.41, 5.74) is 7.45. The van der Waals surface area contributed by atoms with Crippen LogP contribution in [0.4, 0.5) is 5.69 Å². The molecule has 0 bridgehead atoms. The van der Waals surface area contributed by atoms with Crippen LogP contribution in [0.25, 0.3) is 10.8 Å². The van der Waals surface area contributed by atoms with Gasteiger partial charge in [0.05, 0.1) is 17.8 Å². The lowest BCUT2D eigenvalue weighted by Crippen LogP contribution is -2.15. The fourth-order valence-corrected chi connectivity index (χ4v) is 2.94. The van der Waals surface area contributed by atoms with E-state index in [-0.39, 0.29) is 0 Å². The topological polar surface area (TPSA) is 77.2 Å². The van der Waals surface area contributed by atoms with E-state index < -0.39 is 5.91 Å². The Bertz CT molecular complexity index is 951. The Labute approximate surface area is 150 Å². The van der Waals surface area contributed by atoms with Gasteiger partial charge in [-0.2, -0.15) is 0 Å². The summed E-state index contributed by atoms with van der Waals surface area (Å²) in [5, 5.41) is 5.33. The van der Waals surface area contributed by atoms with Gasteiger partial charge >= 0.3 is 0 Å². The molecule has 1 amide bonds. The first-order valence-electron chi connectivity index (χ1n) is 7.68. The van der Waals surface area contributed by atoms with E-state index in [0.29, 0.717) is 28.4 Å². The summed E-state index contributed by atoms with van der Waals surface area (Å²) in [7, 11) is 1.56. The third-order valence-electron chi connectivity index (χ3n) is 3.88. The van der Waals surface area contributed by atoms with Gasteiger partial charge in [-0.3, -0.25) is 9.78 Å². The molecule has 3 N–H and O–H groups in total. The lowest BCUT2D eigenvalue weighted by atomic mass is 10.0. The van der Waals surface area contributed by atoms with Crippen molar-refractivity contribution in [2.24, 2.45) is 5.73 Å². The molecule has 0 aliphatic heterocycles. The number of anilines is 1. The number of pyridine rings is 1. The van der Waals surface area contributed by atoms with Gasteiger partial charge in [-0.15, -0.1) is 0 Å². The summed E-state index contributed by atoms with van der Waals surface area (Å²) in [6, 6.07) is 13.0. The van der Waals surface area contributed by atoms with E-state index in [9.17, 15) is 4.79 Å². The molecule has 2 aromatic carbocycles. The van der Waals surface area contributed by atoms with Gasteiger partial charge in [-0.05, 0) is 35.2 Å². The van der Waals surface area contributed by atoms with Crippen molar-refractivity contribution < 1.29 is 9.53 Å². The van der Waals surface area contributed by atoms with Crippen LogP contribution in [0.5, 0.6) is 5.75 Å². The molecule has 3 aromatic rings. The van der Waals surface area contributed by atoms with Crippen molar-refractivity contribution in [2.45, 2.75) is 6.42 Å². The first-order chi connectivity index (χ1) is 12.1. The molecule has 1 heterocycles. The fourth-order valence-electron chi connectivity index (χ4n) is 2.67. The molecule has 0 aliphatic carbocycles. The number of hydrogen-bond donors (Lipinski definition) is 2. The van der Waals surface area contributed by atoms with Gasteiger partial charge in [-0.25, -0.2) is 0 Å². The summed E-state index contributed by atoms with van der Waals surface area (Å²) in [6.07, 6.45) is 4.15. The van der Waals surface area contributed by atoms with Crippen molar-refractivity contribution in [2.75, 3.05) is 12.4 Å². The summed E-state index contributed by atoms with van der Waals surface area (Å²) in [4.78, 5) is 16.1. The van der Waals surface area contributed by atoms with Crippen LogP contribution in [-0.4, -0.2) is 23.0 Å². The summed E-state index contributed by atoms with van der Waals surface area (Å²) >= 11 is 5.50. The van der Waals surface area contributed by atoms with Crippen LogP contribution in [0.3, 0.4) is 0 Å². The van der Waals surface area contributed by atoms with Crippen LogP contribution in [0.1, 0.15) is 15.9 Å². The van der Waals surface area contributed by atoms with Gasteiger partial charge in [0.2, 0.25) is 5.91 Å². The maximum Gasteiger partial charge on any atom is 0.248 e. The number of carbonyl (C=O) groups excluding carboxylic acids is 1. The zero-order chi connectivity index (χ0) is 17.8. The molecule has 1 aromatic heterocycles. The zero-order valence-electron chi connectivity index (χ0n) is 13.7. The zero-order valence-corrected chi connectivity index (χ0v) is 14.5. The molecule has 0 saturated heterocycles. The number of rotatable bonds is 5. The van der Waals surface area contributed by atoms with Crippen LogP contribution in [0.15, 0.2) is 54.9 Å². The number of nitrogens with two attached hydrogens (primary N) is 1. The van der Waals surface area contributed by atoms with Crippen molar-refractivity contribution in [1.82, 2.24) is 4.98 Å². The number of amides is 1. The Hall–Kier alpha value is -2.99. The highest BCUT2D eigenvalue weighted by Crippen LogP contribution is 2.26. The molecule has 0 saturated carbocycles. The minimum atomic E-state index is -0.502. The van der Waals surface area contributed by atoms with E-state index in [1.807, 2.05) is 30.5 Å². The molecule has 0 spiro atoms. The number of hydrogen-bond acceptors (Lipinski definition) is 4. The molecular formula is C19H17N3O2S. The highest BCUT2D eigenvalue weighted by atomic mass is 32.1. The van der Waals surface area contributed by atoms with Crippen molar-refractivity contribution >= 4 is 39.6 Å². The molecule has 0 atom stereocenters. The normalized spacial score (nSPS) is 10.4. The number of benzene rings is 2. The quantitative estimate of drug-likeness (QED) is 0.690. The van der Waals surface area contributed by atoms with E-state index in [2.05, 4.69) is 10.3 Å². The maximum absolute atomic E-state index is 11.4. The fraction of sp³-hybridized carbons (Fsp3) is 0.105. The molecule has 5 nitrogen and oxygen atoms in total. The Balaban J connectivity index is 1.85. The predicted octanol–water partition coefficient (Wildman–Crippen LogP) is 3.32. The number of carbonyl (C=O) groups is 1. The van der Waals surface area contributed by atoms with Gasteiger partial charge in [0.25, 0.3) is 0 Å². The first-order valence-corrected chi connectivity index (χ1v) is 8.08. The summed E-state index contributed by atoms with van der Waals surface area (Å²) in [6.45, 7) is 0. The van der Waals surface area contributed by atoms with Gasteiger partial charge in [-0.1, -0.05) is 30.4 Å². The van der Waals surface area contributed by atoms with Crippen LogP contribution >= 0.6 is 12.2 Å². The number of thiocarbonyl (C=S) groups is 1. The van der Waals surface area contributed by atoms with E-state index >= 15 is 0 Å². The van der Waals surface area contributed by atoms with Crippen LogP contribution in [0, 0.1) is 0 Å². The average molecular weight is 351 g/mol. The maximum atomic E-state index is 11.4. The van der Waals surface area contributed by atoms with Crippen LogP contribution < -0.4 is 15.8 Å². The van der Waals surface area contributed by atoms with Crippen molar-refractivity contribution in [1.29, 1.82) is 0 Å². The predicted molar refractivity (Wildman–Crippen MR) is 103 cm³/mol. The minimum Gasteiger partial charge on any atom is -0.495 e. The highest BCUT2D eigenvalue weighted by molar-refractivity contribution is 7.80. The molecular weight excluding hydrogens is 334 g/mol. The van der Waals surface area contributed by atoms with Gasteiger partial charge < -0.3 is 15.8 Å². The number of fused-ring (bicyclic) bond motifs is 1. The Morgan fingerprint density at radius 3 is 2.88 bits per heavy atom. The first kappa shape index (κ1) is 16.9. The van der Waals surface area contributed by atoms with Crippen molar-refractivity contribution in [3.63, 3.8) is 0 Å². The standard InChI is InChI=1S/C19H17N3O2S/c1-24-17-6-5-13(19(20)23)9-16(17)22-18(25)10-12-3-2-4-14-11-21-8-7-15(12)14/h2-9,11H,10H2,1H3,(H2,20,23)(H,22,25). The highest BCUT2D eigenvalue weighted by Gasteiger charge is 2.10. The number of primary amides is 1. The number of methoxy groups -OCH3 is 1. The molecule has 3 rings (SSSR count). The lowest BCUT2D eigenvalue weighted by molar-refractivity contribution is 0.100. The van der Waals surface area contributed by atoms with E-state index in [1.165, 1.54) is 0 Å². The number of ether oxygens (including phenoxy) is 1. The Morgan fingerprint density at radius 2 is 2.12 bits per heavy atom. The second-order valence-electron chi connectivity index (χ2n) is 5.52. The third-order valence-corrected chi connectivity index (χ3v) is 4.13. The molecule has 0 radical (unpaired) electrons.